The molecule has 22 heteroatoms. The van der Waals surface area contributed by atoms with E-state index < -0.39 is 56.1 Å². The maximum Gasteiger partial charge on any atom is 0.326 e. The molecule has 0 amide bonds. The van der Waals surface area contributed by atoms with Gasteiger partial charge in [-0.25, -0.2) is 16.8 Å². The summed E-state index contributed by atoms with van der Waals surface area (Å²) >= 11 is 13.8. The number of ether oxygens (including phenoxy) is 4. The molecule has 0 radical (unpaired) electrons. The number of β-amino-alcohol motifs (C(OH)–C–C–N with tert-alkyl or cyclic N) is 1. The van der Waals surface area contributed by atoms with Crippen molar-refractivity contribution in [2.24, 2.45) is 0 Å². The Labute approximate surface area is 438 Å². The Bertz CT molecular complexity index is 3350. The monoisotopic (exact) mass is 1090 g/mol. The normalized spacial score (nSPS) is 18.4. The Hall–Kier alpha value is -5.97. The van der Waals surface area contributed by atoms with Gasteiger partial charge in [0.15, 0.2) is 19.7 Å². The number of rotatable bonds is 20. The molecule has 3 aliphatic rings. The van der Waals surface area contributed by atoms with Gasteiger partial charge in [0, 0.05) is 85.7 Å². The zero-order valence-corrected chi connectivity index (χ0v) is 43.8. The van der Waals surface area contributed by atoms with Gasteiger partial charge in [0.25, 0.3) is 0 Å². The van der Waals surface area contributed by atoms with Crippen molar-refractivity contribution < 1.29 is 55.9 Å². The minimum absolute atomic E-state index is 0.00989. The van der Waals surface area contributed by atoms with Crippen LogP contribution in [0.3, 0.4) is 0 Å². The highest BCUT2D eigenvalue weighted by atomic mass is 35.5. The number of aliphatic hydroxyl groups excluding tert-OH is 2. The van der Waals surface area contributed by atoms with Gasteiger partial charge in [0.2, 0.25) is 23.5 Å². The number of hydrogen-bond donors (Lipinski definition) is 4. The molecule has 390 valence electrons. The number of pyridine rings is 4. The van der Waals surface area contributed by atoms with Gasteiger partial charge < -0.3 is 34.3 Å². The fraction of sp³-hybridized carbons (Fsp3) is 0.365. The lowest BCUT2D eigenvalue weighted by Crippen LogP contribution is -2.52. The first kappa shape index (κ1) is 52.9. The van der Waals surface area contributed by atoms with Crippen molar-refractivity contribution in [3.8, 4) is 34.6 Å². The zero-order valence-electron chi connectivity index (χ0n) is 40.6. The minimum Gasteiger partial charge on any atom is -0.480 e. The number of fused-ring (bicyclic) bond motifs is 2. The molecule has 0 bridgehead atoms. The van der Waals surface area contributed by atoms with Crippen LogP contribution in [0.25, 0.3) is 11.1 Å². The summed E-state index contributed by atoms with van der Waals surface area (Å²) in [7, 11) is -7.06. The molecule has 1 aliphatic heterocycles. The molecular formula is C52H54Cl2N6O12S2. The second-order valence-corrected chi connectivity index (χ2v) is 23.9. The predicted molar refractivity (Wildman–Crippen MR) is 273 cm³/mol. The summed E-state index contributed by atoms with van der Waals surface area (Å²) in [6, 6.07) is 18.5. The standard InChI is InChI=1S/C52H54Cl2N6O12S2/c1-52(29-61,51(63)64)57-22-32-18-43(53)49(58-47(32)69-27-30-16-35(23-55-20-30)73(2,65)66)71-45-12-10-39-37(6-4-8-41(39)45)38-7-5-9-42-40(38)11-13-46(42)72-50-44(54)19-33(25-60-15-14-34(62)26-60)48(59-50)70-28-31-17-36(24-56-21-31)74(3,67)68/h4-9,16-21,23-24,34,45-46,57,61-62H,10-15,22,25-29H2,1-3H3,(H,63,64)/t34-,45+,46+,52+/m1/s1. The summed E-state index contributed by atoms with van der Waals surface area (Å²) in [6.07, 6.45) is 9.72. The summed E-state index contributed by atoms with van der Waals surface area (Å²) in [6.45, 7) is 1.95. The van der Waals surface area contributed by atoms with Crippen LogP contribution in [0.1, 0.15) is 82.9 Å². The number of aromatic nitrogens is 4. The van der Waals surface area contributed by atoms with Crippen molar-refractivity contribution in [3.63, 3.8) is 0 Å². The minimum atomic E-state index is -3.56. The number of aliphatic carboxylic acids is 1. The third-order valence-electron chi connectivity index (χ3n) is 13.4. The van der Waals surface area contributed by atoms with E-state index in [4.69, 9.17) is 47.1 Å². The molecule has 4 N–H and O–H groups in total. The van der Waals surface area contributed by atoms with Crippen molar-refractivity contribution in [3.05, 3.63) is 140 Å². The fourth-order valence-electron chi connectivity index (χ4n) is 9.37. The van der Waals surface area contributed by atoms with Gasteiger partial charge in [-0.3, -0.25) is 25.0 Å². The second kappa shape index (κ2) is 21.7. The van der Waals surface area contributed by atoms with E-state index in [0.29, 0.717) is 79.0 Å². The Morgan fingerprint density at radius 1 is 0.743 bits per heavy atom. The number of nitrogens with zero attached hydrogens (tertiary/aromatic N) is 5. The van der Waals surface area contributed by atoms with E-state index in [1.165, 1.54) is 43.8 Å². The Morgan fingerprint density at radius 3 is 1.70 bits per heavy atom. The number of sulfone groups is 2. The van der Waals surface area contributed by atoms with Crippen molar-refractivity contribution >= 4 is 48.8 Å². The molecule has 5 heterocycles. The number of hydrogen-bond acceptors (Lipinski definition) is 17. The van der Waals surface area contributed by atoms with Crippen LogP contribution in [0.4, 0.5) is 0 Å². The van der Waals surface area contributed by atoms with Gasteiger partial charge in [-0.1, -0.05) is 59.6 Å². The molecule has 1 fully saturated rings. The molecule has 1 saturated heterocycles. The zero-order chi connectivity index (χ0) is 52.5. The van der Waals surface area contributed by atoms with E-state index in [1.54, 1.807) is 12.1 Å². The SMILES string of the molecule is C[C@@](CO)(NCc1cc(Cl)c(O[C@H]2CCc3c(-c4cccc5c4CC[C@@H]5Oc4nc(OCc5cncc(S(C)(=O)=O)c5)c(CN5CC[C@@H](O)C5)cc4Cl)cccc32)nc1OCc1cncc(S(C)(=O)=O)c1)C(=O)O. The first-order valence-electron chi connectivity index (χ1n) is 23.8. The number of carboxylic acids is 1. The molecular weight excluding hydrogens is 1040 g/mol. The van der Waals surface area contributed by atoms with E-state index in [1.807, 2.05) is 24.3 Å². The molecule has 2 aromatic carbocycles. The summed E-state index contributed by atoms with van der Waals surface area (Å²) < 4.78 is 74.7. The number of carbonyl (C=O) groups is 1. The smallest absolute Gasteiger partial charge is 0.326 e. The molecule has 6 aromatic rings. The maximum absolute atomic E-state index is 12.3. The quantitative estimate of drug-likeness (QED) is 0.0611. The molecule has 0 spiro atoms. The predicted octanol–water partition coefficient (Wildman–Crippen LogP) is 6.83. The summed E-state index contributed by atoms with van der Waals surface area (Å²) in [5, 5.41) is 33.2. The topological polar surface area (TPSA) is 250 Å². The van der Waals surface area contributed by atoms with Crippen LogP contribution in [0, 0.1) is 0 Å². The number of nitrogens with one attached hydrogen (secondary N) is 1. The van der Waals surface area contributed by atoms with Crippen LogP contribution in [-0.2, 0) is 63.6 Å². The molecule has 0 unspecified atom stereocenters. The van der Waals surface area contributed by atoms with Gasteiger partial charge in [-0.2, -0.15) is 9.97 Å². The second-order valence-electron chi connectivity index (χ2n) is 19.0. The molecule has 0 saturated carbocycles. The highest BCUT2D eigenvalue weighted by Gasteiger charge is 2.35. The van der Waals surface area contributed by atoms with Gasteiger partial charge in [0.1, 0.15) is 41.0 Å². The largest absolute Gasteiger partial charge is 0.480 e. The van der Waals surface area contributed by atoms with Gasteiger partial charge in [-0.05, 0) is 96.7 Å². The van der Waals surface area contributed by atoms with Gasteiger partial charge >= 0.3 is 5.97 Å². The number of benzene rings is 2. The third-order valence-corrected chi connectivity index (χ3v) is 16.1. The molecule has 4 atom stereocenters. The molecule has 2 aliphatic carbocycles. The van der Waals surface area contributed by atoms with Gasteiger partial charge in [0.05, 0.1) is 22.5 Å². The average Bonchev–Trinajstić information content (AvgIpc) is 4.11. The number of carboxylic acid groups (broad SMARTS) is 1. The Kier molecular flexibility index (Phi) is 15.5. The van der Waals surface area contributed by atoms with Crippen molar-refractivity contribution in [1.29, 1.82) is 0 Å². The third kappa shape index (κ3) is 11.8. The van der Waals surface area contributed by atoms with E-state index in [0.717, 1.165) is 45.9 Å². The first-order valence-corrected chi connectivity index (χ1v) is 28.3. The summed E-state index contributed by atoms with van der Waals surface area (Å²) in [4.78, 5) is 31.8. The van der Waals surface area contributed by atoms with Crippen LogP contribution in [-0.4, -0.2) is 107 Å². The van der Waals surface area contributed by atoms with E-state index >= 15 is 0 Å². The average molecular weight is 1090 g/mol. The number of likely N-dealkylation sites (tertiary alicyclic amines) is 1. The van der Waals surface area contributed by atoms with Crippen LogP contribution < -0.4 is 24.3 Å². The molecule has 9 rings (SSSR count). The lowest BCUT2D eigenvalue weighted by molar-refractivity contribution is -0.145. The lowest BCUT2D eigenvalue weighted by atomic mass is 9.91. The maximum atomic E-state index is 12.3. The van der Waals surface area contributed by atoms with Crippen LogP contribution in [0.15, 0.2) is 95.2 Å². The van der Waals surface area contributed by atoms with Crippen molar-refractivity contribution in [2.75, 3.05) is 32.2 Å². The van der Waals surface area contributed by atoms with Crippen molar-refractivity contribution in [1.82, 2.24) is 30.2 Å². The van der Waals surface area contributed by atoms with Crippen LogP contribution in [0.5, 0.6) is 23.5 Å². The van der Waals surface area contributed by atoms with Crippen LogP contribution >= 0.6 is 23.2 Å². The summed E-state index contributed by atoms with van der Waals surface area (Å²) in [5.74, 6) is -0.701. The van der Waals surface area contributed by atoms with Crippen molar-refractivity contribution in [2.45, 2.75) is 99.0 Å². The van der Waals surface area contributed by atoms with E-state index in [-0.39, 0.29) is 58.1 Å². The fourth-order valence-corrected chi connectivity index (χ4v) is 11.0. The number of halogens is 2. The van der Waals surface area contributed by atoms with Gasteiger partial charge in [-0.15, -0.1) is 0 Å². The molecule has 74 heavy (non-hydrogen) atoms. The van der Waals surface area contributed by atoms with E-state index in [2.05, 4.69) is 37.3 Å². The molecule has 4 aromatic heterocycles. The number of aliphatic hydroxyl groups is 2. The Morgan fingerprint density at radius 2 is 1.24 bits per heavy atom. The van der Waals surface area contributed by atoms with E-state index in [9.17, 15) is 36.9 Å². The Balaban J connectivity index is 0.960. The highest BCUT2D eigenvalue weighted by molar-refractivity contribution is 7.91. The first-order chi connectivity index (χ1) is 35.3. The summed E-state index contributed by atoms with van der Waals surface area (Å²) in [5.41, 5.74) is 6.59. The highest BCUT2D eigenvalue weighted by Crippen LogP contribution is 2.46. The lowest BCUT2D eigenvalue weighted by Gasteiger charge is -2.24. The van der Waals surface area contributed by atoms with Crippen LogP contribution in [0.2, 0.25) is 10.0 Å². The molecule has 18 nitrogen and oxygen atoms in total.